The smallest absolute Gasteiger partial charge is 0.142 e. The molecule has 4 aromatic heterocycles. The maximum atomic E-state index is 5.52. The molecule has 0 fully saturated rings. The van der Waals surface area contributed by atoms with Crippen LogP contribution in [0.1, 0.15) is 21.4 Å². The molecule has 0 aliphatic heterocycles. The normalized spacial score (nSPS) is 11.6. The Morgan fingerprint density at radius 2 is 0.900 bits per heavy atom. The average molecular weight is 621 g/mol. The first-order valence-corrected chi connectivity index (χ1v) is 17.3. The van der Waals surface area contributed by atoms with Crippen molar-refractivity contribution in [1.29, 1.82) is 0 Å². The summed E-state index contributed by atoms with van der Waals surface area (Å²) < 4.78 is 0. The number of aromatic nitrogens is 4. The van der Waals surface area contributed by atoms with Gasteiger partial charge >= 0.3 is 0 Å². The first-order valence-electron chi connectivity index (χ1n) is 13.8. The summed E-state index contributed by atoms with van der Waals surface area (Å²) in [5.41, 5.74) is 15.2. The van der Waals surface area contributed by atoms with Crippen LogP contribution in [-0.2, 0) is 25.7 Å². The monoisotopic (exact) mass is 620 g/mol. The molecule has 0 saturated heterocycles. The highest BCUT2D eigenvalue weighted by molar-refractivity contribution is 7.14. The van der Waals surface area contributed by atoms with Crippen LogP contribution in [0.15, 0.2) is 21.5 Å². The van der Waals surface area contributed by atoms with Crippen molar-refractivity contribution in [1.82, 2.24) is 41.2 Å². The molecule has 0 aliphatic carbocycles. The predicted molar refractivity (Wildman–Crippen MR) is 171 cm³/mol. The number of hydrogen-bond donors (Lipinski definition) is 6. The fraction of sp³-hybridized carbons (Fsp3) is 0.538. The van der Waals surface area contributed by atoms with Gasteiger partial charge < -0.3 is 32.7 Å². The van der Waals surface area contributed by atoms with Gasteiger partial charge in [0, 0.05) is 113 Å². The van der Waals surface area contributed by atoms with Crippen molar-refractivity contribution in [2.45, 2.75) is 25.7 Å². The minimum Gasteiger partial charge on any atom is -0.329 e. The van der Waals surface area contributed by atoms with E-state index in [9.17, 15) is 0 Å². The van der Waals surface area contributed by atoms with Gasteiger partial charge in [-0.1, -0.05) is 0 Å². The van der Waals surface area contributed by atoms with Crippen molar-refractivity contribution in [2.24, 2.45) is 11.5 Å². The Kier molecular flexibility index (Phi) is 14.0. The fourth-order valence-electron chi connectivity index (χ4n) is 3.83. The molecule has 0 aliphatic rings. The summed E-state index contributed by atoms with van der Waals surface area (Å²) in [6, 6.07) is 0. The second kappa shape index (κ2) is 18.0. The molecule has 0 aromatic carbocycles. The second-order valence-corrected chi connectivity index (χ2v) is 12.7. The lowest BCUT2D eigenvalue weighted by molar-refractivity contribution is 0.610. The number of rotatable bonds is 21. The fourth-order valence-corrected chi connectivity index (χ4v) is 7.17. The Hall–Kier alpha value is -1.72. The van der Waals surface area contributed by atoms with Crippen LogP contribution in [0.5, 0.6) is 0 Å². The van der Waals surface area contributed by atoms with E-state index in [4.69, 9.17) is 31.4 Å². The summed E-state index contributed by atoms with van der Waals surface area (Å²) >= 11 is 6.76. The minimum atomic E-state index is 0.661. The zero-order chi connectivity index (χ0) is 27.8. The van der Waals surface area contributed by atoms with Gasteiger partial charge in [0.1, 0.15) is 21.4 Å². The van der Waals surface area contributed by atoms with E-state index in [1.807, 2.05) is 0 Å². The molecule has 4 heterocycles. The molecule has 0 bridgehead atoms. The quantitative estimate of drug-likeness (QED) is 0.0763. The molecule has 4 aromatic rings. The average Bonchev–Trinajstić information content (AvgIpc) is 3.77. The Morgan fingerprint density at radius 3 is 1.35 bits per heavy atom. The van der Waals surface area contributed by atoms with Gasteiger partial charge in [-0.3, -0.25) is 0 Å². The molecule has 0 saturated carbocycles. The van der Waals surface area contributed by atoms with E-state index in [-0.39, 0.29) is 0 Å². The zero-order valence-electron chi connectivity index (χ0n) is 22.8. The van der Waals surface area contributed by atoms with Crippen LogP contribution in [0.25, 0.3) is 21.4 Å². The van der Waals surface area contributed by atoms with Crippen molar-refractivity contribution in [3.05, 3.63) is 42.9 Å². The van der Waals surface area contributed by atoms with Gasteiger partial charge in [0.25, 0.3) is 0 Å². The van der Waals surface area contributed by atoms with Gasteiger partial charge in [0.05, 0.1) is 21.4 Å². The molecular weight excluding hydrogens is 581 g/mol. The Balaban J connectivity index is 1.05. The van der Waals surface area contributed by atoms with Crippen molar-refractivity contribution < 1.29 is 0 Å². The highest BCUT2D eigenvalue weighted by Crippen LogP contribution is 2.26. The van der Waals surface area contributed by atoms with Gasteiger partial charge in [-0.05, 0) is 0 Å². The molecule has 0 atom stereocenters. The number of thiazole rings is 4. The first-order chi connectivity index (χ1) is 19.7. The standard InChI is InChI=1S/C26H40N10S4/c27-5-11-29-7-1-19-15-39-25(33-19)21-17-37-23(35-21)3-9-31-13-14-32-10-4-24-36-22(18-38-24)26-34-20(16-40-26)2-8-30-12-6-28/h15-18,29-32H,1-14,27-28H2. The first kappa shape index (κ1) is 31.2. The van der Waals surface area contributed by atoms with Gasteiger partial charge in [-0.2, -0.15) is 0 Å². The maximum Gasteiger partial charge on any atom is 0.142 e. The molecular formula is C26H40N10S4. The summed E-state index contributed by atoms with van der Waals surface area (Å²) in [7, 11) is 0. The largest absolute Gasteiger partial charge is 0.329 e. The van der Waals surface area contributed by atoms with Crippen LogP contribution in [0.4, 0.5) is 0 Å². The van der Waals surface area contributed by atoms with E-state index in [1.165, 1.54) is 0 Å². The number of nitrogens with zero attached hydrogens (tertiary/aromatic N) is 4. The molecule has 10 nitrogen and oxygen atoms in total. The summed E-state index contributed by atoms with van der Waals surface area (Å²) in [5, 5.41) is 26.4. The van der Waals surface area contributed by atoms with E-state index in [1.54, 1.807) is 45.3 Å². The summed E-state index contributed by atoms with van der Waals surface area (Å²) in [6.07, 6.45) is 3.68. The minimum absolute atomic E-state index is 0.661. The van der Waals surface area contributed by atoms with Crippen molar-refractivity contribution in [3.8, 4) is 21.4 Å². The number of nitrogens with two attached hydrogens (primary N) is 2. The highest BCUT2D eigenvalue weighted by Gasteiger charge is 2.11. The Bertz CT molecular complexity index is 1140. The lowest BCUT2D eigenvalue weighted by atomic mass is 10.3. The van der Waals surface area contributed by atoms with Crippen LogP contribution >= 0.6 is 45.3 Å². The second-order valence-electron chi connectivity index (χ2n) is 9.12. The van der Waals surface area contributed by atoms with Crippen LogP contribution in [0.2, 0.25) is 0 Å². The predicted octanol–water partition coefficient (Wildman–Crippen LogP) is 1.99. The molecule has 0 unspecified atom stereocenters. The Morgan fingerprint density at radius 1 is 0.475 bits per heavy atom. The van der Waals surface area contributed by atoms with Crippen LogP contribution in [0.3, 0.4) is 0 Å². The van der Waals surface area contributed by atoms with Crippen LogP contribution < -0.4 is 32.7 Å². The molecule has 4 rings (SSSR count). The summed E-state index contributed by atoms with van der Waals surface area (Å²) in [5.74, 6) is 0. The zero-order valence-corrected chi connectivity index (χ0v) is 26.1. The molecule has 0 amide bonds. The van der Waals surface area contributed by atoms with Gasteiger partial charge in [0.2, 0.25) is 0 Å². The van der Waals surface area contributed by atoms with Gasteiger partial charge in [0.15, 0.2) is 0 Å². The highest BCUT2D eigenvalue weighted by atomic mass is 32.1. The third kappa shape index (κ3) is 10.6. The van der Waals surface area contributed by atoms with Crippen LogP contribution in [-0.4, -0.2) is 85.4 Å². The van der Waals surface area contributed by atoms with E-state index in [2.05, 4.69) is 42.8 Å². The third-order valence-corrected chi connectivity index (χ3v) is 9.56. The van der Waals surface area contributed by atoms with E-state index >= 15 is 0 Å². The third-order valence-electron chi connectivity index (χ3n) is 5.91. The van der Waals surface area contributed by atoms with E-state index < -0.39 is 0 Å². The van der Waals surface area contributed by atoms with Gasteiger partial charge in [-0.15, -0.1) is 45.3 Å². The van der Waals surface area contributed by atoms with E-state index in [0.29, 0.717) is 13.1 Å². The van der Waals surface area contributed by atoms with Crippen molar-refractivity contribution >= 4 is 45.3 Å². The molecule has 218 valence electrons. The van der Waals surface area contributed by atoms with Crippen LogP contribution in [0, 0.1) is 0 Å². The SMILES string of the molecule is NCCNCCc1csc(-c2csc(CCNCCNCCc3nc(-c4nc(CCNCCN)cs4)cs3)n2)n1. The lowest BCUT2D eigenvalue weighted by Gasteiger charge is -2.05. The molecule has 14 heteroatoms. The topological polar surface area (TPSA) is 152 Å². The molecule has 8 N–H and O–H groups in total. The van der Waals surface area contributed by atoms with E-state index in [0.717, 1.165) is 121 Å². The maximum absolute atomic E-state index is 5.52. The number of nitrogens with one attached hydrogen (secondary N) is 4. The lowest BCUT2D eigenvalue weighted by Crippen LogP contribution is -2.29. The van der Waals surface area contributed by atoms with Crippen molar-refractivity contribution in [3.63, 3.8) is 0 Å². The Labute approximate surface area is 252 Å². The van der Waals surface area contributed by atoms with Gasteiger partial charge in [-0.25, -0.2) is 19.9 Å². The molecule has 40 heavy (non-hydrogen) atoms. The molecule has 0 spiro atoms. The molecule has 0 radical (unpaired) electrons. The summed E-state index contributed by atoms with van der Waals surface area (Å²) in [4.78, 5) is 19.1. The van der Waals surface area contributed by atoms with Crippen molar-refractivity contribution in [2.75, 3.05) is 65.4 Å². The number of hydrogen-bond acceptors (Lipinski definition) is 14. The summed E-state index contributed by atoms with van der Waals surface area (Å²) in [6.45, 7) is 8.50.